The molecule has 0 unspecified atom stereocenters. The van der Waals surface area contributed by atoms with E-state index in [9.17, 15) is 18.0 Å². The van der Waals surface area contributed by atoms with Crippen LogP contribution in [-0.4, -0.2) is 60.7 Å². The Labute approximate surface area is 197 Å². The Bertz CT molecular complexity index is 957. The van der Waals surface area contributed by atoms with Crippen LogP contribution < -0.4 is 16.0 Å². The molecular formula is C24H30F3N5O2. The summed E-state index contributed by atoms with van der Waals surface area (Å²) in [7, 11) is 0. The third-order valence-electron chi connectivity index (χ3n) is 6.46. The number of rotatable bonds is 6. The minimum Gasteiger partial charge on any atom is -0.397 e. The molecule has 10 heteroatoms. The van der Waals surface area contributed by atoms with Gasteiger partial charge in [0.05, 0.1) is 23.6 Å². The molecule has 1 aliphatic heterocycles. The van der Waals surface area contributed by atoms with Gasteiger partial charge in [-0.25, -0.2) is 4.98 Å². The van der Waals surface area contributed by atoms with Gasteiger partial charge in [0.1, 0.15) is 12.4 Å². The van der Waals surface area contributed by atoms with E-state index in [1.54, 1.807) is 0 Å². The number of nitrogens with zero attached hydrogens (tertiary/aromatic N) is 3. The lowest BCUT2D eigenvalue weighted by Crippen LogP contribution is -2.50. The van der Waals surface area contributed by atoms with Crippen molar-refractivity contribution >= 4 is 23.1 Å². The van der Waals surface area contributed by atoms with Gasteiger partial charge in [-0.1, -0.05) is 18.2 Å². The number of carbonyl (C=O) groups is 1. The van der Waals surface area contributed by atoms with E-state index in [-0.39, 0.29) is 36.2 Å². The second-order valence-electron chi connectivity index (χ2n) is 8.79. The predicted octanol–water partition coefficient (Wildman–Crippen LogP) is 3.77. The molecular weight excluding hydrogens is 447 g/mol. The van der Waals surface area contributed by atoms with Crippen molar-refractivity contribution in [1.29, 1.82) is 0 Å². The van der Waals surface area contributed by atoms with E-state index in [1.807, 2.05) is 23.1 Å². The van der Waals surface area contributed by atoms with Crippen LogP contribution >= 0.6 is 0 Å². The van der Waals surface area contributed by atoms with Gasteiger partial charge in [0.2, 0.25) is 5.91 Å². The predicted molar refractivity (Wildman–Crippen MR) is 125 cm³/mol. The molecule has 1 aromatic carbocycles. The molecule has 0 radical (unpaired) electrons. The zero-order valence-corrected chi connectivity index (χ0v) is 18.9. The van der Waals surface area contributed by atoms with E-state index in [1.165, 1.54) is 5.69 Å². The Balaban J connectivity index is 1.18. The number of ether oxygens (including phenoxy) is 1. The standard InChI is InChI=1S/C24H30F3N5O2/c25-24(26,27)20-14-22(29-15-21(20)28)30-17-6-8-19(9-7-17)34-16-23(33)32-12-10-31(11-13-32)18-4-2-1-3-5-18/h1-5,14-15,17,19H,6-13,16,28H2,(H,29,30). The van der Waals surface area contributed by atoms with Crippen LogP contribution in [0.4, 0.5) is 30.4 Å². The van der Waals surface area contributed by atoms with E-state index in [4.69, 9.17) is 10.5 Å². The maximum atomic E-state index is 13.1. The van der Waals surface area contributed by atoms with E-state index in [0.717, 1.165) is 51.0 Å². The van der Waals surface area contributed by atoms with Gasteiger partial charge in [0.15, 0.2) is 0 Å². The summed E-state index contributed by atoms with van der Waals surface area (Å²) < 4.78 is 45.0. The summed E-state index contributed by atoms with van der Waals surface area (Å²) in [6.07, 6.45) is -0.607. The Hall–Kier alpha value is -3.01. The largest absolute Gasteiger partial charge is 0.418 e. The highest BCUT2D eigenvalue weighted by molar-refractivity contribution is 5.77. The van der Waals surface area contributed by atoms with Gasteiger partial charge in [0.25, 0.3) is 0 Å². The molecule has 0 spiro atoms. The lowest BCUT2D eigenvalue weighted by Gasteiger charge is -2.36. The van der Waals surface area contributed by atoms with Crippen molar-refractivity contribution in [3.05, 3.63) is 48.2 Å². The summed E-state index contributed by atoms with van der Waals surface area (Å²) in [6.45, 7) is 2.98. The van der Waals surface area contributed by atoms with E-state index < -0.39 is 11.7 Å². The fraction of sp³-hybridized carbons (Fsp3) is 0.500. The molecule has 1 aliphatic carbocycles. The molecule has 34 heavy (non-hydrogen) atoms. The number of pyridine rings is 1. The Morgan fingerprint density at radius 2 is 1.76 bits per heavy atom. The van der Waals surface area contributed by atoms with E-state index in [2.05, 4.69) is 27.3 Å². The van der Waals surface area contributed by atoms with Gasteiger partial charge < -0.3 is 25.6 Å². The number of piperazine rings is 1. The first-order valence-electron chi connectivity index (χ1n) is 11.6. The number of amides is 1. The highest BCUT2D eigenvalue weighted by Crippen LogP contribution is 2.35. The van der Waals surface area contributed by atoms with E-state index in [0.29, 0.717) is 13.1 Å². The quantitative estimate of drug-likeness (QED) is 0.659. The maximum Gasteiger partial charge on any atom is 0.418 e. The highest BCUT2D eigenvalue weighted by atomic mass is 19.4. The molecule has 184 valence electrons. The highest BCUT2D eigenvalue weighted by Gasteiger charge is 2.34. The molecule has 7 nitrogen and oxygen atoms in total. The molecule has 2 aromatic rings. The molecule has 1 amide bonds. The Morgan fingerprint density at radius 3 is 2.41 bits per heavy atom. The van der Waals surface area contributed by atoms with Crippen molar-refractivity contribution in [1.82, 2.24) is 9.88 Å². The average molecular weight is 478 g/mol. The molecule has 2 aliphatic rings. The number of nitrogen functional groups attached to an aromatic ring is 1. The van der Waals surface area contributed by atoms with Gasteiger partial charge in [0, 0.05) is 37.9 Å². The van der Waals surface area contributed by atoms with Gasteiger partial charge in [-0.3, -0.25) is 4.79 Å². The number of benzene rings is 1. The van der Waals surface area contributed by atoms with Crippen LogP contribution in [0.2, 0.25) is 0 Å². The van der Waals surface area contributed by atoms with Crippen molar-refractivity contribution in [3.63, 3.8) is 0 Å². The SMILES string of the molecule is Nc1cnc(NC2CCC(OCC(=O)N3CCN(c4ccccc4)CC3)CC2)cc1C(F)(F)F. The van der Waals surface area contributed by atoms with Crippen LogP contribution in [0.1, 0.15) is 31.2 Å². The van der Waals surface area contributed by atoms with E-state index >= 15 is 0 Å². The molecule has 1 saturated carbocycles. The number of halogens is 3. The zero-order chi connectivity index (χ0) is 24.1. The molecule has 2 heterocycles. The monoisotopic (exact) mass is 477 g/mol. The third kappa shape index (κ3) is 6.11. The number of hydrogen-bond acceptors (Lipinski definition) is 6. The topological polar surface area (TPSA) is 83.7 Å². The van der Waals surface area contributed by atoms with Gasteiger partial charge >= 0.3 is 6.18 Å². The lowest BCUT2D eigenvalue weighted by molar-refractivity contribution is -0.139. The first kappa shape index (κ1) is 24.1. The third-order valence-corrected chi connectivity index (χ3v) is 6.46. The fourth-order valence-electron chi connectivity index (χ4n) is 4.51. The van der Waals surface area contributed by atoms with Gasteiger partial charge in [-0.15, -0.1) is 0 Å². The minimum absolute atomic E-state index is 0.00109. The molecule has 4 rings (SSSR count). The number of carbonyl (C=O) groups excluding carboxylic acids is 1. The minimum atomic E-state index is -4.52. The second-order valence-corrected chi connectivity index (χ2v) is 8.79. The second kappa shape index (κ2) is 10.5. The van der Waals surface area contributed by atoms with Crippen LogP contribution in [0.15, 0.2) is 42.6 Å². The fourth-order valence-corrected chi connectivity index (χ4v) is 4.51. The van der Waals surface area contributed by atoms with Crippen LogP contribution in [0, 0.1) is 0 Å². The molecule has 2 fully saturated rings. The summed E-state index contributed by atoms with van der Waals surface area (Å²) in [5.41, 5.74) is 5.31. The number of para-hydroxylation sites is 1. The smallest absolute Gasteiger partial charge is 0.397 e. The summed E-state index contributed by atoms with van der Waals surface area (Å²) in [5, 5.41) is 3.07. The lowest BCUT2D eigenvalue weighted by atomic mass is 9.93. The van der Waals surface area contributed by atoms with Crippen molar-refractivity contribution in [3.8, 4) is 0 Å². The maximum absolute atomic E-state index is 13.1. The first-order valence-corrected chi connectivity index (χ1v) is 11.6. The van der Waals surface area contributed by atoms with Crippen LogP contribution in [0.3, 0.4) is 0 Å². The van der Waals surface area contributed by atoms with Gasteiger partial charge in [-0.05, 0) is 43.9 Å². The Morgan fingerprint density at radius 1 is 1.09 bits per heavy atom. The number of alkyl halides is 3. The summed E-state index contributed by atoms with van der Waals surface area (Å²) in [4.78, 5) is 20.7. The zero-order valence-electron chi connectivity index (χ0n) is 18.9. The van der Waals surface area contributed by atoms with Crippen LogP contribution in [0.5, 0.6) is 0 Å². The number of nitrogens with one attached hydrogen (secondary N) is 1. The van der Waals surface area contributed by atoms with Crippen molar-refractivity contribution in [2.45, 2.75) is 44.0 Å². The molecule has 1 aromatic heterocycles. The van der Waals surface area contributed by atoms with Crippen molar-refractivity contribution in [2.75, 3.05) is 48.7 Å². The normalized spacial score (nSPS) is 21.4. The summed E-state index contributed by atoms with van der Waals surface area (Å²) >= 11 is 0. The first-order chi connectivity index (χ1) is 16.3. The number of anilines is 3. The number of hydrogen-bond donors (Lipinski definition) is 2. The number of nitrogens with two attached hydrogens (primary N) is 1. The molecule has 0 atom stereocenters. The Kier molecular flexibility index (Phi) is 7.45. The molecule has 0 bridgehead atoms. The van der Waals surface area contributed by atoms with Gasteiger partial charge in [-0.2, -0.15) is 13.2 Å². The van der Waals surface area contributed by atoms with Crippen LogP contribution in [0.25, 0.3) is 0 Å². The summed E-state index contributed by atoms with van der Waals surface area (Å²) in [5.74, 6) is 0.162. The number of aromatic nitrogens is 1. The summed E-state index contributed by atoms with van der Waals surface area (Å²) in [6, 6.07) is 11.1. The average Bonchev–Trinajstić information content (AvgIpc) is 2.84. The molecule has 1 saturated heterocycles. The van der Waals surface area contributed by atoms with Crippen molar-refractivity contribution in [2.24, 2.45) is 0 Å². The van der Waals surface area contributed by atoms with Crippen LogP contribution in [-0.2, 0) is 15.7 Å². The van der Waals surface area contributed by atoms with Crippen molar-refractivity contribution < 1.29 is 22.7 Å². The molecule has 3 N–H and O–H groups in total.